The molecule has 1 aromatic carbocycles. The van der Waals surface area contributed by atoms with Gasteiger partial charge in [0.1, 0.15) is 40.7 Å². The van der Waals surface area contributed by atoms with Gasteiger partial charge in [-0.3, -0.25) is 14.9 Å². The van der Waals surface area contributed by atoms with Gasteiger partial charge in [-0.25, -0.2) is 9.59 Å². The van der Waals surface area contributed by atoms with Crippen molar-refractivity contribution in [3.05, 3.63) is 46.5 Å². The number of rotatable bonds is 12. The third-order valence-electron chi connectivity index (χ3n) is 11.1. The summed E-state index contributed by atoms with van der Waals surface area (Å²) in [6.07, 6.45) is 3.55. The lowest BCUT2D eigenvalue weighted by atomic mass is 9.83. The summed E-state index contributed by atoms with van der Waals surface area (Å²) < 4.78 is 34.5. The molecule has 2 saturated heterocycles. The number of ether oxygens (including phenoxy) is 6. The van der Waals surface area contributed by atoms with Crippen LogP contribution in [-0.2, 0) is 44.5 Å². The standard InChI is InChI=1S/C40H58ClN3O11S2/c1-23-13-12-14-30(52-10)40(49)21-29(53-37(48)42-40)24(2)35-39(5,55-35)31(20-33(46)44(7)27-18-26(17-23)19-28(51-9)34(27)41)54-36(47)25(3)43(6)32(45)15-16-38(4,22-50-8)57-56-11/h12-14,18-19,24-25,29-31,35,49H,15-17,20-22H2,1-11H3,(H,42,48)/b14-12+,23-13+/t24-,25+,29+,30-,31+,35+,38?,39+,40+/m1/s1. The van der Waals surface area contributed by atoms with Gasteiger partial charge in [0.25, 0.3) is 0 Å². The maximum Gasteiger partial charge on any atom is 0.409 e. The summed E-state index contributed by atoms with van der Waals surface area (Å²) in [5, 5.41) is 14.5. The first kappa shape index (κ1) is 46.7. The van der Waals surface area contributed by atoms with Crippen molar-refractivity contribution in [3.8, 4) is 5.75 Å². The van der Waals surface area contributed by atoms with Crippen LogP contribution in [0.3, 0.4) is 0 Å². The van der Waals surface area contributed by atoms with E-state index < -0.39 is 65.7 Å². The first-order chi connectivity index (χ1) is 26.8. The molecule has 57 heavy (non-hydrogen) atoms. The second kappa shape index (κ2) is 19.4. The number of alkyl carbamates (subject to hydrolysis) is 1. The molecule has 0 spiro atoms. The number of hydrogen-bond acceptors (Lipinski definition) is 13. The zero-order valence-electron chi connectivity index (χ0n) is 34.7. The average molecular weight is 857 g/mol. The Morgan fingerprint density at radius 3 is 2.58 bits per heavy atom. The lowest BCUT2D eigenvalue weighted by Crippen LogP contribution is -2.63. The van der Waals surface area contributed by atoms with Crippen LogP contribution in [0.1, 0.15) is 65.9 Å². The van der Waals surface area contributed by atoms with Crippen LogP contribution in [0.2, 0.25) is 5.02 Å². The molecule has 4 bridgehead atoms. The Hall–Kier alpha value is -2.99. The van der Waals surface area contributed by atoms with Crippen LogP contribution >= 0.6 is 33.2 Å². The van der Waals surface area contributed by atoms with Crippen molar-refractivity contribution >= 4 is 62.8 Å². The van der Waals surface area contributed by atoms with Crippen molar-refractivity contribution in [2.45, 2.75) is 113 Å². The minimum absolute atomic E-state index is 0.0551. The highest BCUT2D eigenvalue weighted by molar-refractivity contribution is 8.77. The largest absolute Gasteiger partial charge is 0.495 e. The lowest BCUT2D eigenvalue weighted by Gasteiger charge is -2.42. The number of carbonyl (C=O) groups is 4. The molecule has 3 heterocycles. The zero-order valence-corrected chi connectivity index (χ0v) is 37.1. The van der Waals surface area contributed by atoms with Crippen molar-refractivity contribution in [2.75, 3.05) is 53.2 Å². The zero-order chi connectivity index (χ0) is 42.5. The van der Waals surface area contributed by atoms with Gasteiger partial charge < -0.3 is 43.3 Å². The summed E-state index contributed by atoms with van der Waals surface area (Å²) in [5.74, 6) is -1.58. The van der Waals surface area contributed by atoms with E-state index in [-0.39, 0.29) is 34.9 Å². The molecule has 4 rings (SSSR count). The molecule has 14 nitrogen and oxygen atoms in total. The number of epoxide rings is 1. The number of nitrogens with zero attached hydrogens (tertiary/aromatic N) is 2. The number of anilines is 1. The van der Waals surface area contributed by atoms with Crippen LogP contribution in [0.15, 0.2) is 35.9 Å². The summed E-state index contributed by atoms with van der Waals surface area (Å²) in [6.45, 7) is 9.51. The molecule has 3 amide bonds. The molecule has 318 valence electrons. The van der Waals surface area contributed by atoms with Gasteiger partial charge in [0.05, 0.1) is 31.9 Å². The number of fused-ring (bicyclic) bond motifs is 5. The summed E-state index contributed by atoms with van der Waals surface area (Å²) in [5.41, 5.74) is -0.941. The van der Waals surface area contributed by atoms with Crippen LogP contribution in [0.25, 0.3) is 0 Å². The number of methoxy groups -OCH3 is 3. The van der Waals surface area contributed by atoms with Gasteiger partial charge in [-0.1, -0.05) is 63.9 Å². The number of carbonyl (C=O) groups excluding carboxylic acids is 4. The fourth-order valence-electron chi connectivity index (χ4n) is 7.41. The maximum absolute atomic E-state index is 14.2. The molecule has 0 radical (unpaired) electrons. The van der Waals surface area contributed by atoms with Crippen molar-refractivity contribution in [2.24, 2.45) is 5.92 Å². The van der Waals surface area contributed by atoms with E-state index in [2.05, 4.69) is 5.32 Å². The maximum atomic E-state index is 14.2. The minimum Gasteiger partial charge on any atom is -0.495 e. The predicted octanol–water partition coefficient (Wildman–Crippen LogP) is 5.71. The van der Waals surface area contributed by atoms with Gasteiger partial charge in [-0.2, -0.15) is 0 Å². The third-order valence-corrected chi connectivity index (χ3v) is 14.1. The van der Waals surface area contributed by atoms with Crippen molar-refractivity contribution in [1.29, 1.82) is 0 Å². The first-order valence-electron chi connectivity index (χ1n) is 18.8. The fourth-order valence-corrected chi connectivity index (χ4v) is 10.1. The highest BCUT2D eigenvalue weighted by Gasteiger charge is 2.64. The Labute approximate surface area is 349 Å². The Morgan fingerprint density at radius 2 is 1.95 bits per heavy atom. The van der Waals surface area contributed by atoms with Crippen molar-refractivity contribution in [3.63, 3.8) is 0 Å². The van der Waals surface area contributed by atoms with Crippen LogP contribution in [-0.4, -0.2) is 129 Å². The summed E-state index contributed by atoms with van der Waals surface area (Å²) in [7, 11) is 10.9. The molecule has 2 N–H and O–H groups in total. The Morgan fingerprint density at radius 1 is 1.25 bits per heavy atom. The van der Waals surface area contributed by atoms with Gasteiger partial charge >= 0.3 is 12.1 Å². The van der Waals surface area contributed by atoms with E-state index in [0.29, 0.717) is 30.9 Å². The van der Waals surface area contributed by atoms with Gasteiger partial charge in [0, 0.05) is 51.8 Å². The van der Waals surface area contributed by atoms with Gasteiger partial charge in [0.2, 0.25) is 11.8 Å². The van der Waals surface area contributed by atoms with Crippen LogP contribution in [0.5, 0.6) is 5.75 Å². The molecule has 0 aromatic heterocycles. The summed E-state index contributed by atoms with van der Waals surface area (Å²) in [4.78, 5) is 57.2. The molecule has 2 fully saturated rings. The third kappa shape index (κ3) is 11.0. The average Bonchev–Trinajstić information content (AvgIpc) is 3.86. The van der Waals surface area contributed by atoms with E-state index in [4.69, 9.17) is 40.0 Å². The van der Waals surface area contributed by atoms with E-state index in [9.17, 15) is 24.3 Å². The van der Waals surface area contributed by atoms with E-state index in [1.54, 1.807) is 87.8 Å². The normalized spacial score (nSPS) is 31.0. The number of halogens is 1. The molecule has 3 aliphatic heterocycles. The quantitative estimate of drug-likeness (QED) is 0.149. The highest BCUT2D eigenvalue weighted by Crippen LogP contribution is 2.49. The number of benzene rings is 1. The molecular formula is C40H58ClN3O11S2. The van der Waals surface area contributed by atoms with Crippen LogP contribution in [0, 0.1) is 5.92 Å². The molecule has 0 aliphatic carbocycles. The number of allylic oxidation sites excluding steroid dienone is 3. The number of hydrogen-bond donors (Lipinski definition) is 2. The number of nitrogens with one attached hydrogen (secondary N) is 1. The number of amides is 3. The van der Waals surface area contributed by atoms with Crippen molar-refractivity contribution < 1.29 is 52.7 Å². The molecule has 1 unspecified atom stereocenters. The Balaban J connectivity index is 1.70. The monoisotopic (exact) mass is 855 g/mol. The van der Waals surface area contributed by atoms with E-state index in [0.717, 1.165) is 11.1 Å². The summed E-state index contributed by atoms with van der Waals surface area (Å²) >= 11 is 6.79. The SMILES string of the molecule is COCC(C)(CCC(=O)N(C)[C@@H](C)C(=O)O[C@H]1CC(=O)N(C)c2cc(cc(OC)c2Cl)C/C(C)=C/C=C/[C@@H](OC)[C@@]2(O)C[C@H](OC(=O)N2)[C@@H](C)[C@@H]2O[C@@]12C)SSC. The molecule has 3 aliphatic rings. The van der Waals surface area contributed by atoms with E-state index >= 15 is 0 Å². The lowest BCUT2D eigenvalue weighted by molar-refractivity contribution is -0.162. The second-order valence-electron chi connectivity index (χ2n) is 15.5. The van der Waals surface area contributed by atoms with Gasteiger partial charge in [-0.05, 0) is 64.5 Å². The highest BCUT2D eigenvalue weighted by atomic mass is 35.5. The number of esters is 1. The van der Waals surface area contributed by atoms with E-state index in [1.165, 1.54) is 24.0 Å². The Kier molecular flexibility index (Phi) is 15.9. The second-order valence-corrected chi connectivity index (χ2v) is 18.9. The van der Waals surface area contributed by atoms with E-state index in [1.807, 2.05) is 26.2 Å². The fraction of sp³-hybridized carbons (Fsp3) is 0.650. The predicted molar refractivity (Wildman–Crippen MR) is 222 cm³/mol. The number of likely N-dealkylation sites (N-methyl/N-ethyl adjacent to an activating group) is 1. The molecule has 17 heteroatoms. The Bertz CT molecular complexity index is 1710. The smallest absolute Gasteiger partial charge is 0.409 e. The number of aliphatic hydroxyl groups is 1. The molecular weight excluding hydrogens is 798 g/mol. The van der Waals surface area contributed by atoms with Gasteiger partial charge in [-0.15, -0.1) is 0 Å². The van der Waals surface area contributed by atoms with Gasteiger partial charge in [0.15, 0.2) is 5.72 Å². The molecule has 9 atom stereocenters. The topological polar surface area (TPSA) is 166 Å². The van der Waals surface area contributed by atoms with Crippen molar-refractivity contribution in [1.82, 2.24) is 10.2 Å². The molecule has 0 saturated carbocycles. The van der Waals surface area contributed by atoms with Crippen LogP contribution < -0.4 is 15.0 Å². The van der Waals surface area contributed by atoms with Crippen LogP contribution in [0.4, 0.5) is 10.5 Å². The summed E-state index contributed by atoms with van der Waals surface area (Å²) in [6, 6.07) is 2.59. The first-order valence-corrected chi connectivity index (χ1v) is 21.8. The molecule has 1 aromatic rings. The minimum atomic E-state index is -1.83.